The summed E-state index contributed by atoms with van der Waals surface area (Å²) in [6.45, 7) is 0. The van der Waals surface area contributed by atoms with E-state index in [9.17, 15) is 9.59 Å². The molecule has 0 bridgehead atoms. The molecule has 1 aliphatic heterocycles. The number of halogens is 1. The van der Waals surface area contributed by atoms with Crippen LogP contribution in [0.2, 0.25) is 5.02 Å². The lowest BCUT2D eigenvalue weighted by atomic mass is 10.0. The number of carbonyl (C=O) groups excluding carboxylic acids is 2. The van der Waals surface area contributed by atoms with Crippen molar-refractivity contribution >= 4 is 34.8 Å². The van der Waals surface area contributed by atoms with Crippen LogP contribution in [0.15, 0.2) is 72.1 Å². The monoisotopic (exact) mass is 421 g/mol. The van der Waals surface area contributed by atoms with E-state index in [-0.39, 0.29) is 24.7 Å². The Morgan fingerprint density at radius 1 is 1.10 bits per heavy atom. The average Bonchev–Trinajstić information content (AvgIpc) is 3.19. The lowest BCUT2D eigenvalue weighted by molar-refractivity contribution is -0.119. The summed E-state index contributed by atoms with van der Waals surface area (Å²) in [5.41, 5.74) is 1.77. The molecule has 1 aliphatic rings. The Bertz CT molecular complexity index is 1090. The highest BCUT2D eigenvalue weighted by Gasteiger charge is 2.28. The van der Waals surface area contributed by atoms with Gasteiger partial charge < -0.3 is 9.88 Å². The van der Waals surface area contributed by atoms with E-state index >= 15 is 0 Å². The Kier molecular flexibility index (Phi) is 5.63. The summed E-state index contributed by atoms with van der Waals surface area (Å²) < 4.78 is 1.85. The number of para-hydroxylation sites is 1. The van der Waals surface area contributed by atoms with Gasteiger partial charge in [-0.15, -0.1) is 0 Å². The van der Waals surface area contributed by atoms with Crippen LogP contribution in [0.25, 0.3) is 0 Å². The minimum Gasteiger partial charge on any atom is -0.337 e. The number of benzene rings is 2. The molecule has 7 nitrogen and oxygen atoms in total. The Balaban J connectivity index is 1.63. The number of aromatic nitrogens is 2. The number of imidazole rings is 1. The van der Waals surface area contributed by atoms with Crippen LogP contribution in [0.4, 0.5) is 5.69 Å². The predicted octanol–water partition coefficient (Wildman–Crippen LogP) is 3.46. The molecular weight excluding hydrogens is 402 g/mol. The van der Waals surface area contributed by atoms with Gasteiger partial charge in [-0.2, -0.15) is 5.10 Å². The Hall–Kier alpha value is -3.45. The van der Waals surface area contributed by atoms with Gasteiger partial charge in [0.25, 0.3) is 5.91 Å². The van der Waals surface area contributed by atoms with Gasteiger partial charge in [-0.1, -0.05) is 41.9 Å². The van der Waals surface area contributed by atoms with Crippen LogP contribution in [0.1, 0.15) is 30.3 Å². The van der Waals surface area contributed by atoms with Gasteiger partial charge in [0.05, 0.1) is 5.69 Å². The SMILES string of the molecule is Cn1ccnc1C(NC(=O)C1=NN(c2ccccc2)C(=O)CC1)c1ccc(Cl)cc1. The van der Waals surface area contributed by atoms with Crippen LogP contribution < -0.4 is 10.3 Å². The molecule has 2 heterocycles. The van der Waals surface area contributed by atoms with E-state index in [1.807, 2.05) is 48.1 Å². The standard InChI is InChI=1S/C22H20ClN5O2/c1-27-14-13-24-21(27)20(15-7-9-16(23)10-8-15)25-22(30)18-11-12-19(29)28(26-18)17-5-3-2-4-6-17/h2-10,13-14,20H,11-12H2,1H3,(H,25,30). The quantitative estimate of drug-likeness (QED) is 0.685. The van der Waals surface area contributed by atoms with Gasteiger partial charge in [0.2, 0.25) is 5.91 Å². The van der Waals surface area contributed by atoms with Crippen molar-refractivity contribution in [1.82, 2.24) is 14.9 Å². The number of nitrogens with one attached hydrogen (secondary N) is 1. The summed E-state index contributed by atoms with van der Waals surface area (Å²) in [6.07, 6.45) is 3.99. The number of amides is 2. The first-order chi connectivity index (χ1) is 14.5. The van der Waals surface area contributed by atoms with Gasteiger partial charge >= 0.3 is 0 Å². The van der Waals surface area contributed by atoms with E-state index in [1.165, 1.54) is 5.01 Å². The first-order valence-electron chi connectivity index (χ1n) is 9.52. The van der Waals surface area contributed by atoms with Crippen molar-refractivity contribution in [1.29, 1.82) is 0 Å². The van der Waals surface area contributed by atoms with Crippen molar-refractivity contribution in [2.45, 2.75) is 18.9 Å². The second kappa shape index (κ2) is 8.51. The molecule has 0 saturated carbocycles. The summed E-state index contributed by atoms with van der Waals surface area (Å²) in [5, 5.41) is 9.25. The molecule has 152 valence electrons. The zero-order valence-corrected chi connectivity index (χ0v) is 17.1. The van der Waals surface area contributed by atoms with Crippen LogP contribution >= 0.6 is 11.6 Å². The first kappa shape index (κ1) is 19.8. The molecule has 0 aliphatic carbocycles. The maximum Gasteiger partial charge on any atom is 0.268 e. The minimum atomic E-state index is -0.486. The third-order valence-corrected chi connectivity index (χ3v) is 5.14. The zero-order valence-electron chi connectivity index (χ0n) is 16.3. The normalized spacial score (nSPS) is 14.9. The zero-order chi connectivity index (χ0) is 21.1. The van der Waals surface area contributed by atoms with Crippen LogP contribution in [-0.2, 0) is 16.6 Å². The van der Waals surface area contributed by atoms with Gasteiger partial charge in [0.1, 0.15) is 17.6 Å². The van der Waals surface area contributed by atoms with Gasteiger partial charge in [-0.25, -0.2) is 9.99 Å². The summed E-state index contributed by atoms with van der Waals surface area (Å²) >= 11 is 6.02. The topological polar surface area (TPSA) is 79.6 Å². The third-order valence-electron chi connectivity index (χ3n) is 4.89. The highest BCUT2D eigenvalue weighted by Crippen LogP contribution is 2.24. The van der Waals surface area contributed by atoms with Crippen molar-refractivity contribution < 1.29 is 9.59 Å². The van der Waals surface area contributed by atoms with Crippen molar-refractivity contribution in [3.8, 4) is 0 Å². The smallest absolute Gasteiger partial charge is 0.268 e. The van der Waals surface area contributed by atoms with E-state index in [0.29, 0.717) is 22.2 Å². The van der Waals surface area contributed by atoms with Crippen LogP contribution in [-0.4, -0.2) is 27.1 Å². The molecule has 1 aromatic heterocycles. The lowest BCUT2D eigenvalue weighted by Crippen LogP contribution is -2.41. The van der Waals surface area contributed by atoms with Crippen LogP contribution in [0, 0.1) is 0 Å². The maximum atomic E-state index is 13.1. The summed E-state index contributed by atoms with van der Waals surface area (Å²) in [5.74, 6) is 0.195. The highest BCUT2D eigenvalue weighted by atomic mass is 35.5. The molecule has 8 heteroatoms. The molecule has 1 N–H and O–H groups in total. The first-order valence-corrected chi connectivity index (χ1v) is 9.90. The Labute approximate surface area is 179 Å². The van der Waals surface area contributed by atoms with Gasteiger partial charge in [0, 0.05) is 37.3 Å². The largest absolute Gasteiger partial charge is 0.337 e. The van der Waals surface area contributed by atoms with Crippen LogP contribution in [0.3, 0.4) is 0 Å². The fourth-order valence-corrected chi connectivity index (χ4v) is 3.44. The number of hydrazone groups is 1. The fraction of sp³-hybridized carbons (Fsp3) is 0.182. The van der Waals surface area contributed by atoms with Crippen molar-refractivity contribution in [3.63, 3.8) is 0 Å². The summed E-state index contributed by atoms with van der Waals surface area (Å²) in [7, 11) is 1.87. The van der Waals surface area contributed by atoms with Crippen molar-refractivity contribution in [2.24, 2.45) is 12.1 Å². The predicted molar refractivity (Wildman–Crippen MR) is 115 cm³/mol. The molecule has 2 amide bonds. The molecule has 0 fully saturated rings. The van der Waals surface area contributed by atoms with E-state index in [0.717, 1.165) is 5.56 Å². The highest BCUT2D eigenvalue weighted by molar-refractivity contribution is 6.40. The number of rotatable bonds is 5. The third kappa shape index (κ3) is 4.11. The molecule has 0 spiro atoms. The number of hydrogen-bond donors (Lipinski definition) is 1. The number of hydrogen-bond acceptors (Lipinski definition) is 4. The fourth-order valence-electron chi connectivity index (χ4n) is 3.31. The second-order valence-corrected chi connectivity index (χ2v) is 7.38. The van der Waals surface area contributed by atoms with Crippen LogP contribution in [0.5, 0.6) is 0 Å². The number of carbonyl (C=O) groups is 2. The van der Waals surface area contributed by atoms with Gasteiger partial charge in [-0.05, 0) is 29.8 Å². The Morgan fingerprint density at radius 2 is 1.83 bits per heavy atom. The molecule has 0 radical (unpaired) electrons. The molecule has 30 heavy (non-hydrogen) atoms. The van der Waals surface area contributed by atoms with E-state index < -0.39 is 6.04 Å². The minimum absolute atomic E-state index is 0.142. The summed E-state index contributed by atoms with van der Waals surface area (Å²) in [4.78, 5) is 29.8. The van der Waals surface area contributed by atoms with E-state index in [4.69, 9.17) is 11.6 Å². The molecule has 1 unspecified atom stereocenters. The molecule has 0 saturated heterocycles. The number of aryl methyl sites for hydroxylation is 1. The van der Waals surface area contributed by atoms with Gasteiger partial charge in [0.15, 0.2) is 0 Å². The second-order valence-electron chi connectivity index (χ2n) is 6.94. The Morgan fingerprint density at radius 3 is 2.50 bits per heavy atom. The molecule has 3 aromatic rings. The molecular formula is C22H20ClN5O2. The van der Waals surface area contributed by atoms with E-state index in [1.54, 1.807) is 30.5 Å². The molecule has 2 aromatic carbocycles. The summed E-state index contributed by atoms with van der Waals surface area (Å²) in [6, 6.07) is 15.8. The van der Waals surface area contributed by atoms with Crippen molar-refractivity contribution in [2.75, 3.05) is 5.01 Å². The number of anilines is 1. The average molecular weight is 422 g/mol. The van der Waals surface area contributed by atoms with Gasteiger partial charge in [-0.3, -0.25) is 9.59 Å². The maximum absolute atomic E-state index is 13.1. The van der Waals surface area contributed by atoms with Crippen molar-refractivity contribution in [3.05, 3.63) is 83.4 Å². The lowest BCUT2D eigenvalue weighted by Gasteiger charge is -2.25. The molecule has 4 rings (SSSR count). The molecule has 1 atom stereocenters. The number of nitrogens with zero attached hydrogens (tertiary/aromatic N) is 4. The van der Waals surface area contributed by atoms with E-state index in [2.05, 4.69) is 15.4 Å².